The van der Waals surface area contributed by atoms with Crippen LogP contribution in [-0.2, 0) is 0 Å². The van der Waals surface area contributed by atoms with Gasteiger partial charge < -0.3 is 5.32 Å². The number of rotatable bonds is 6. The van der Waals surface area contributed by atoms with Crippen LogP contribution in [0.3, 0.4) is 0 Å². The van der Waals surface area contributed by atoms with Gasteiger partial charge in [-0.2, -0.15) is 23.5 Å². The van der Waals surface area contributed by atoms with E-state index in [1.54, 1.807) is 0 Å². The predicted molar refractivity (Wildman–Crippen MR) is 79.8 cm³/mol. The fraction of sp³-hybridized carbons (Fsp3) is 1.00. The molecule has 1 aliphatic rings. The van der Waals surface area contributed by atoms with Crippen molar-refractivity contribution in [1.82, 2.24) is 5.32 Å². The Morgan fingerprint density at radius 1 is 1.25 bits per heavy atom. The Labute approximate surface area is 110 Å². The van der Waals surface area contributed by atoms with Crippen LogP contribution >= 0.6 is 23.5 Å². The fourth-order valence-corrected chi connectivity index (χ4v) is 5.36. The van der Waals surface area contributed by atoms with Gasteiger partial charge in [0.25, 0.3) is 0 Å². The lowest BCUT2D eigenvalue weighted by molar-refractivity contribution is 0.489. The average Bonchev–Trinajstić information content (AvgIpc) is 2.29. The molecule has 0 aromatic heterocycles. The summed E-state index contributed by atoms with van der Waals surface area (Å²) in [7, 11) is 2.13. The summed E-state index contributed by atoms with van der Waals surface area (Å²) < 4.78 is 0. The number of thioether (sulfide) groups is 2. The van der Waals surface area contributed by atoms with Crippen LogP contribution in [0.2, 0.25) is 0 Å². The molecule has 4 unspecified atom stereocenters. The van der Waals surface area contributed by atoms with Crippen LogP contribution in [0.5, 0.6) is 0 Å². The maximum absolute atomic E-state index is 3.53. The maximum Gasteiger partial charge on any atom is 0.0294 e. The molecule has 0 aromatic carbocycles. The first-order chi connectivity index (χ1) is 7.69. The highest BCUT2D eigenvalue weighted by Gasteiger charge is 2.30. The molecule has 1 rings (SSSR count). The van der Waals surface area contributed by atoms with E-state index in [9.17, 15) is 0 Å². The first-order valence-corrected chi connectivity index (χ1v) is 8.62. The van der Waals surface area contributed by atoms with Crippen molar-refractivity contribution in [1.29, 1.82) is 0 Å². The Morgan fingerprint density at radius 2 is 2.00 bits per heavy atom. The van der Waals surface area contributed by atoms with Crippen molar-refractivity contribution in [2.45, 2.75) is 68.2 Å². The van der Waals surface area contributed by atoms with Gasteiger partial charge in [-0.1, -0.05) is 40.0 Å². The molecule has 1 aliphatic heterocycles. The van der Waals surface area contributed by atoms with E-state index < -0.39 is 0 Å². The molecule has 4 atom stereocenters. The Morgan fingerprint density at radius 3 is 2.56 bits per heavy atom. The van der Waals surface area contributed by atoms with E-state index >= 15 is 0 Å². The molecule has 0 saturated carbocycles. The summed E-state index contributed by atoms with van der Waals surface area (Å²) in [5.41, 5.74) is 0. The van der Waals surface area contributed by atoms with Gasteiger partial charge >= 0.3 is 0 Å². The highest BCUT2D eigenvalue weighted by atomic mass is 32.2. The van der Waals surface area contributed by atoms with Gasteiger partial charge in [0.15, 0.2) is 0 Å². The highest BCUT2D eigenvalue weighted by molar-refractivity contribution is 8.07. The van der Waals surface area contributed by atoms with Gasteiger partial charge in [-0.15, -0.1) is 0 Å². The quantitative estimate of drug-likeness (QED) is 0.731. The summed E-state index contributed by atoms with van der Waals surface area (Å²) in [6.45, 7) is 7.03. The Bertz CT molecular complexity index is 187. The van der Waals surface area contributed by atoms with Crippen LogP contribution in [0.25, 0.3) is 0 Å². The minimum Gasteiger partial charge on any atom is -0.316 e. The van der Waals surface area contributed by atoms with E-state index in [2.05, 4.69) is 56.7 Å². The van der Waals surface area contributed by atoms with Gasteiger partial charge in [0.05, 0.1) is 0 Å². The van der Waals surface area contributed by atoms with Crippen molar-refractivity contribution in [2.24, 2.45) is 0 Å². The van der Waals surface area contributed by atoms with Crippen LogP contribution < -0.4 is 5.32 Å². The molecule has 1 N–H and O–H groups in total. The molecule has 0 aromatic rings. The minimum absolute atomic E-state index is 0.721. The average molecular weight is 262 g/mol. The lowest BCUT2D eigenvalue weighted by atomic mass is 10.1. The Balaban J connectivity index is 2.34. The minimum atomic E-state index is 0.721. The Kier molecular flexibility index (Phi) is 7.25. The third-order valence-electron chi connectivity index (χ3n) is 3.51. The normalized spacial score (nSPS) is 32.6. The highest BCUT2D eigenvalue weighted by Crippen LogP contribution is 2.37. The summed E-state index contributed by atoms with van der Waals surface area (Å²) in [4.78, 5) is 0. The largest absolute Gasteiger partial charge is 0.316 e. The smallest absolute Gasteiger partial charge is 0.0294 e. The zero-order valence-electron chi connectivity index (χ0n) is 11.2. The third-order valence-corrected chi connectivity index (χ3v) is 7.06. The van der Waals surface area contributed by atoms with Gasteiger partial charge in [0.1, 0.15) is 0 Å². The topological polar surface area (TPSA) is 12.0 Å². The first kappa shape index (κ1) is 14.7. The Hall–Kier alpha value is 0.660. The SMILES string of the molecule is CCCCCC(NC)C1CSC(C)C(C)S1. The molecular weight excluding hydrogens is 234 g/mol. The molecule has 1 heterocycles. The van der Waals surface area contributed by atoms with Crippen molar-refractivity contribution in [3.63, 3.8) is 0 Å². The molecule has 16 heavy (non-hydrogen) atoms. The second kappa shape index (κ2) is 7.88. The molecule has 0 aliphatic carbocycles. The lowest BCUT2D eigenvalue weighted by Gasteiger charge is -2.36. The summed E-state index contributed by atoms with van der Waals surface area (Å²) in [6, 6.07) is 0.721. The zero-order chi connectivity index (χ0) is 12.0. The molecule has 3 heteroatoms. The summed E-state index contributed by atoms with van der Waals surface area (Å²) in [5.74, 6) is 1.33. The van der Waals surface area contributed by atoms with Crippen molar-refractivity contribution >= 4 is 23.5 Å². The summed E-state index contributed by atoms with van der Waals surface area (Å²) in [5, 5.41) is 5.99. The lowest BCUT2D eigenvalue weighted by Crippen LogP contribution is -2.41. The van der Waals surface area contributed by atoms with Crippen molar-refractivity contribution in [3.05, 3.63) is 0 Å². The van der Waals surface area contributed by atoms with Crippen molar-refractivity contribution in [2.75, 3.05) is 12.8 Å². The summed E-state index contributed by atoms with van der Waals surface area (Å²) in [6.07, 6.45) is 5.45. The standard InChI is InChI=1S/C13H27NS2/c1-5-6-7-8-12(14-4)13-9-15-10(2)11(3)16-13/h10-14H,5-9H2,1-4H3. The van der Waals surface area contributed by atoms with Crippen LogP contribution in [0.15, 0.2) is 0 Å². The van der Waals surface area contributed by atoms with Crippen LogP contribution in [0.1, 0.15) is 46.5 Å². The third kappa shape index (κ3) is 4.50. The van der Waals surface area contributed by atoms with E-state index in [0.717, 1.165) is 21.8 Å². The monoisotopic (exact) mass is 261 g/mol. The molecular formula is C13H27NS2. The molecule has 96 valence electrons. The van der Waals surface area contributed by atoms with Crippen LogP contribution in [0, 0.1) is 0 Å². The number of unbranched alkanes of at least 4 members (excludes halogenated alkanes) is 2. The number of nitrogens with one attached hydrogen (secondary N) is 1. The molecule has 1 nitrogen and oxygen atoms in total. The maximum atomic E-state index is 3.53. The fourth-order valence-electron chi connectivity index (χ4n) is 2.15. The second-order valence-corrected chi connectivity index (χ2v) is 7.84. The zero-order valence-corrected chi connectivity index (χ0v) is 12.8. The van der Waals surface area contributed by atoms with E-state index in [-0.39, 0.29) is 0 Å². The van der Waals surface area contributed by atoms with Crippen molar-refractivity contribution in [3.8, 4) is 0 Å². The van der Waals surface area contributed by atoms with Gasteiger partial charge in [0.2, 0.25) is 0 Å². The van der Waals surface area contributed by atoms with Gasteiger partial charge in [-0.05, 0) is 13.5 Å². The molecule has 0 spiro atoms. The van der Waals surface area contributed by atoms with Gasteiger partial charge in [0, 0.05) is 27.5 Å². The van der Waals surface area contributed by atoms with E-state index in [4.69, 9.17) is 0 Å². The van der Waals surface area contributed by atoms with Crippen LogP contribution in [0.4, 0.5) is 0 Å². The van der Waals surface area contributed by atoms with Crippen molar-refractivity contribution < 1.29 is 0 Å². The van der Waals surface area contributed by atoms with Gasteiger partial charge in [-0.25, -0.2) is 0 Å². The first-order valence-electron chi connectivity index (χ1n) is 6.63. The van der Waals surface area contributed by atoms with E-state index in [0.29, 0.717) is 0 Å². The van der Waals surface area contributed by atoms with E-state index in [1.165, 1.54) is 31.4 Å². The van der Waals surface area contributed by atoms with Crippen LogP contribution in [-0.4, -0.2) is 34.6 Å². The number of hydrogen-bond acceptors (Lipinski definition) is 3. The molecule has 0 radical (unpaired) electrons. The molecule has 1 saturated heterocycles. The van der Waals surface area contributed by atoms with E-state index in [1.807, 2.05) is 0 Å². The summed E-state index contributed by atoms with van der Waals surface area (Å²) >= 11 is 4.36. The number of hydrogen-bond donors (Lipinski definition) is 1. The molecule has 0 amide bonds. The van der Waals surface area contributed by atoms with Gasteiger partial charge in [-0.3, -0.25) is 0 Å². The second-order valence-electron chi connectivity index (χ2n) is 4.81. The molecule has 1 fully saturated rings. The predicted octanol–water partition coefficient (Wildman–Crippen LogP) is 3.78. The molecule has 0 bridgehead atoms.